The molecule has 102 valence electrons. The molecule has 2 heterocycles. The lowest BCUT2D eigenvalue weighted by Gasteiger charge is -2.15. The smallest absolute Gasteiger partial charge is 0.248 e. The molecule has 1 unspecified atom stereocenters. The molecule has 0 bridgehead atoms. The zero-order valence-electron chi connectivity index (χ0n) is 10.8. The maximum Gasteiger partial charge on any atom is 0.248 e. The largest absolute Gasteiger partial charge is 0.381 e. The summed E-state index contributed by atoms with van der Waals surface area (Å²) < 4.78 is 28.0. The summed E-state index contributed by atoms with van der Waals surface area (Å²) in [5, 5.41) is 3.99. The monoisotopic (exact) mass is 272 g/mol. The third-order valence-corrected chi connectivity index (χ3v) is 5.40. The lowest BCUT2D eigenvalue weighted by atomic mass is 10.1. The number of aryl methyl sites for hydroxylation is 1. The number of rotatable bonds is 4. The Morgan fingerprint density at radius 2 is 2.22 bits per heavy atom. The Labute approximate surface area is 108 Å². The molecule has 18 heavy (non-hydrogen) atoms. The highest BCUT2D eigenvalue weighted by atomic mass is 32.2. The van der Waals surface area contributed by atoms with E-state index in [1.165, 1.54) is 10.5 Å². The number of nitrogen functional groups attached to an aromatic ring is 1. The van der Waals surface area contributed by atoms with Crippen molar-refractivity contribution in [2.45, 2.75) is 38.1 Å². The van der Waals surface area contributed by atoms with Crippen LogP contribution in [0.3, 0.4) is 0 Å². The van der Waals surface area contributed by atoms with Crippen molar-refractivity contribution in [1.29, 1.82) is 0 Å². The van der Waals surface area contributed by atoms with E-state index in [0.717, 1.165) is 12.8 Å². The molecule has 1 aromatic rings. The van der Waals surface area contributed by atoms with Crippen molar-refractivity contribution in [2.75, 3.05) is 18.8 Å². The summed E-state index contributed by atoms with van der Waals surface area (Å²) >= 11 is 0. The van der Waals surface area contributed by atoms with Gasteiger partial charge in [-0.25, -0.2) is 8.42 Å². The summed E-state index contributed by atoms with van der Waals surface area (Å²) in [6.07, 6.45) is 3.46. The predicted molar refractivity (Wildman–Crippen MR) is 69.5 cm³/mol. The third kappa shape index (κ3) is 2.24. The predicted octanol–water partition coefficient (Wildman–Crippen LogP) is 0.906. The highest BCUT2D eigenvalue weighted by Gasteiger charge is 2.34. The fraction of sp³-hybridized carbons (Fsp3) is 0.727. The zero-order chi connectivity index (χ0) is 13.3. The Morgan fingerprint density at radius 3 is 2.72 bits per heavy atom. The molecule has 2 N–H and O–H groups in total. The van der Waals surface area contributed by atoms with Gasteiger partial charge >= 0.3 is 0 Å². The summed E-state index contributed by atoms with van der Waals surface area (Å²) in [5.74, 6) is 0.555. The number of aromatic nitrogens is 2. The van der Waals surface area contributed by atoms with Gasteiger partial charge in [0.15, 0.2) is 5.82 Å². The zero-order valence-corrected chi connectivity index (χ0v) is 11.7. The maximum atomic E-state index is 12.4. The van der Waals surface area contributed by atoms with Gasteiger partial charge < -0.3 is 5.73 Å². The average Bonchev–Trinajstić information content (AvgIpc) is 2.95. The van der Waals surface area contributed by atoms with E-state index in [-0.39, 0.29) is 10.7 Å². The molecule has 1 saturated heterocycles. The summed E-state index contributed by atoms with van der Waals surface area (Å²) in [6.45, 7) is 5.76. The Kier molecular flexibility index (Phi) is 3.63. The van der Waals surface area contributed by atoms with E-state index in [4.69, 9.17) is 5.73 Å². The molecule has 1 fully saturated rings. The van der Waals surface area contributed by atoms with Crippen LogP contribution in [0.5, 0.6) is 0 Å². The van der Waals surface area contributed by atoms with Crippen LogP contribution in [0.15, 0.2) is 11.1 Å². The van der Waals surface area contributed by atoms with Crippen LogP contribution >= 0.6 is 0 Å². The van der Waals surface area contributed by atoms with Gasteiger partial charge in [-0.05, 0) is 19.3 Å². The molecule has 0 aromatic carbocycles. The van der Waals surface area contributed by atoms with Gasteiger partial charge in [0, 0.05) is 25.8 Å². The van der Waals surface area contributed by atoms with Gasteiger partial charge in [0.2, 0.25) is 10.0 Å². The first-order valence-electron chi connectivity index (χ1n) is 6.32. The number of hydrogen-bond acceptors (Lipinski definition) is 4. The van der Waals surface area contributed by atoms with E-state index < -0.39 is 10.0 Å². The Bertz CT molecular complexity index is 523. The second-order valence-corrected chi connectivity index (χ2v) is 6.57. The molecule has 1 aliphatic rings. The summed E-state index contributed by atoms with van der Waals surface area (Å²) in [7, 11) is -3.48. The molecule has 2 rings (SSSR count). The van der Waals surface area contributed by atoms with E-state index in [9.17, 15) is 8.42 Å². The lowest BCUT2D eigenvalue weighted by molar-refractivity contribution is 0.453. The van der Waals surface area contributed by atoms with E-state index in [0.29, 0.717) is 25.6 Å². The molecule has 0 amide bonds. The van der Waals surface area contributed by atoms with Crippen LogP contribution in [-0.2, 0) is 16.6 Å². The molecule has 1 aliphatic heterocycles. The number of nitrogens with two attached hydrogens (primary N) is 1. The number of anilines is 1. The van der Waals surface area contributed by atoms with Crippen LogP contribution < -0.4 is 5.73 Å². The van der Waals surface area contributed by atoms with Crippen molar-refractivity contribution in [3.8, 4) is 0 Å². The van der Waals surface area contributed by atoms with Crippen LogP contribution in [0.25, 0.3) is 0 Å². The van der Waals surface area contributed by atoms with Crippen LogP contribution in [-0.4, -0.2) is 35.6 Å². The number of nitrogens with zero attached hydrogens (tertiary/aromatic N) is 3. The van der Waals surface area contributed by atoms with Crippen molar-refractivity contribution in [2.24, 2.45) is 5.92 Å². The van der Waals surface area contributed by atoms with Crippen molar-refractivity contribution in [3.05, 3.63) is 6.20 Å². The van der Waals surface area contributed by atoms with E-state index in [1.54, 1.807) is 4.68 Å². The molecular weight excluding hydrogens is 252 g/mol. The first-order chi connectivity index (χ1) is 8.48. The van der Waals surface area contributed by atoms with Crippen LogP contribution in [0.1, 0.15) is 26.7 Å². The molecule has 1 aromatic heterocycles. The first-order valence-corrected chi connectivity index (χ1v) is 7.76. The SMILES string of the molecule is CCC1CCN(S(=O)(=O)c2cn(CC)nc2N)C1. The fourth-order valence-electron chi connectivity index (χ4n) is 2.27. The Morgan fingerprint density at radius 1 is 1.50 bits per heavy atom. The summed E-state index contributed by atoms with van der Waals surface area (Å²) in [4.78, 5) is 0.140. The normalized spacial score (nSPS) is 21.6. The second-order valence-electron chi connectivity index (χ2n) is 4.66. The number of sulfonamides is 1. The summed E-state index contributed by atoms with van der Waals surface area (Å²) in [6, 6.07) is 0. The molecule has 7 heteroatoms. The standard InChI is InChI=1S/C11H20N4O2S/c1-3-9-5-6-15(7-9)18(16,17)10-8-14(4-2)13-11(10)12/h8-9H,3-7H2,1-2H3,(H2,12,13). The Balaban J connectivity index is 2.28. The van der Waals surface area contributed by atoms with Gasteiger partial charge in [0.05, 0.1) is 0 Å². The van der Waals surface area contributed by atoms with Gasteiger partial charge in [-0.15, -0.1) is 0 Å². The second kappa shape index (κ2) is 4.89. The van der Waals surface area contributed by atoms with Gasteiger partial charge in [-0.2, -0.15) is 9.40 Å². The van der Waals surface area contributed by atoms with Gasteiger partial charge in [-0.1, -0.05) is 13.3 Å². The molecule has 6 nitrogen and oxygen atoms in total. The molecule has 1 atom stereocenters. The van der Waals surface area contributed by atoms with Crippen LogP contribution in [0.4, 0.5) is 5.82 Å². The first kappa shape index (κ1) is 13.4. The fourth-order valence-corrected chi connectivity index (χ4v) is 3.86. The van der Waals surface area contributed by atoms with Gasteiger partial charge in [0.1, 0.15) is 4.90 Å². The highest BCUT2D eigenvalue weighted by Crippen LogP contribution is 2.28. The van der Waals surface area contributed by atoms with Crippen LogP contribution in [0.2, 0.25) is 0 Å². The average molecular weight is 272 g/mol. The maximum absolute atomic E-state index is 12.4. The molecule has 0 aliphatic carbocycles. The minimum absolute atomic E-state index is 0.0943. The Hall–Kier alpha value is -1.08. The van der Waals surface area contributed by atoms with Crippen molar-refractivity contribution >= 4 is 15.8 Å². The van der Waals surface area contributed by atoms with Crippen molar-refractivity contribution < 1.29 is 8.42 Å². The topological polar surface area (TPSA) is 81.2 Å². The molecule has 0 saturated carbocycles. The highest BCUT2D eigenvalue weighted by molar-refractivity contribution is 7.89. The minimum Gasteiger partial charge on any atom is -0.381 e. The van der Waals surface area contributed by atoms with Crippen LogP contribution in [0, 0.1) is 5.92 Å². The van der Waals surface area contributed by atoms with E-state index in [1.807, 2.05) is 6.92 Å². The molecular formula is C11H20N4O2S. The van der Waals surface area contributed by atoms with E-state index >= 15 is 0 Å². The molecule has 0 spiro atoms. The van der Waals surface area contributed by atoms with Crippen molar-refractivity contribution in [1.82, 2.24) is 14.1 Å². The van der Waals surface area contributed by atoms with Crippen molar-refractivity contribution in [3.63, 3.8) is 0 Å². The van der Waals surface area contributed by atoms with Gasteiger partial charge in [-0.3, -0.25) is 4.68 Å². The lowest BCUT2D eigenvalue weighted by Crippen LogP contribution is -2.29. The van der Waals surface area contributed by atoms with E-state index in [2.05, 4.69) is 12.0 Å². The quantitative estimate of drug-likeness (QED) is 0.883. The molecule has 0 radical (unpaired) electrons. The third-order valence-electron chi connectivity index (χ3n) is 3.52. The van der Waals surface area contributed by atoms with Gasteiger partial charge in [0.25, 0.3) is 0 Å². The number of hydrogen-bond donors (Lipinski definition) is 1. The minimum atomic E-state index is -3.48. The summed E-state index contributed by atoms with van der Waals surface area (Å²) in [5.41, 5.74) is 5.70.